The maximum atomic E-state index is 12.8. The highest BCUT2D eigenvalue weighted by molar-refractivity contribution is 5.90. The van der Waals surface area contributed by atoms with E-state index in [1.807, 2.05) is 6.92 Å². The van der Waals surface area contributed by atoms with Crippen LogP contribution in [0.3, 0.4) is 0 Å². The topological polar surface area (TPSA) is 97.7 Å². The average Bonchev–Trinajstić information content (AvgIpc) is 3.17. The Bertz CT molecular complexity index is 1110. The molecule has 4 rings (SSSR count). The molecule has 0 saturated heterocycles. The fraction of sp³-hybridized carbons (Fsp3) is 0.350. The van der Waals surface area contributed by atoms with E-state index in [1.54, 1.807) is 23.4 Å². The number of aromatic amines is 1. The van der Waals surface area contributed by atoms with E-state index in [2.05, 4.69) is 9.97 Å². The number of imidazole rings is 1. The standard InChI is InChI=1S/C20H21N3O5/c1-11-12-4-5-16(26-2)19(27-3)18(12)28-20(25)13(11)8-17(24)23-7-6-14-15(9-23)22-10-21-14/h4-5,10H,6-9H2,1-3H3,(H,21,22). The van der Waals surface area contributed by atoms with E-state index in [-0.39, 0.29) is 12.3 Å². The first-order chi connectivity index (χ1) is 13.5. The van der Waals surface area contributed by atoms with Gasteiger partial charge in [-0.15, -0.1) is 0 Å². The van der Waals surface area contributed by atoms with Crippen molar-refractivity contribution in [1.29, 1.82) is 0 Å². The summed E-state index contributed by atoms with van der Waals surface area (Å²) in [6.07, 6.45) is 2.33. The molecule has 146 valence electrons. The molecular weight excluding hydrogens is 362 g/mol. The third-order valence-corrected chi connectivity index (χ3v) is 5.25. The minimum Gasteiger partial charge on any atom is -0.493 e. The van der Waals surface area contributed by atoms with E-state index in [0.717, 1.165) is 16.8 Å². The summed E-state index contributed by atoms with van der Waals surface area (Å²) >= 11 is 0. The third kappa shape index (κ3) is 2.90. The van der Waals surface area contributed by atoms with Crippen LogP contribution in [0.5, 0.6) is 11.5 Å². The first-order valence-electron chi connectivity index (χ1n) is 8.99. The largest absolute Gasteiger partial charge is 0.493 e. The van der Waals surface area contributed by atoms with Crippen LogP contribution < -0.4 is 15.1 Å². The second-order valence-corrected chi connectivity index (χ2v) is 6.74. The Balaban J connectivity index is 1.68. The van der Waals surface area contributed by atoms with Gasteiger partial charge in [-0.2, -0.15) is 0 Å². The lowest BCUT2D eigenvalue weighted by Gasteiger charge is -2.26. The highest BCUT2D eigenvalue weighted by atomic mass is 16.5. The summed E-state index contributed by atoms with van der Waals surface area (Å²) in [5, 5.41) is 0.717. The number of fused-ring (bicyclic) bond motifs is 2. The highest BCUT2D eigenvalue weighted by Crippen LogP contribution is 2.36. The Kier molecular flexibility index (Phi) is 4.54. The van der Waals surface area contributed by atoms with Gasteiger partial charge in [-0.05, 0) is 24.6 Å². The normalized spacial score (nSPS) is 13.5. The van der Waals surface area contributed by atoms with E-state index in [0.29, 0.717) is 47.7 Å². The van der Waals surface area contributed by atoms with E-state index < -0.39 is 5.63 Å². The molecule has 8 heteroatoms. The van der Waals surface area contributed by atoms with Gasteiger partial charge in [0.2, 0.25) is 11.7 Å². The van der Waals surface area contributed by atoms with Crippen molar-refractivity contribution >= 4 is 16.9 Å². The van der Waals surface area contributed by atoms with Crippen LogP contribution >= 0.6 is 0 Å². The summed E-state index contributed by atoms with van der Waals surface area (Å²) in [5.41, 5.74) is 2.79. The summed E-state index contributed by atoms with van der Waals surface area (Å²) in [6.45, 7) is 2.87. The van der Waals surface area contributed by atoms with Gasteiger partial charge in [-0.3, -0.25) is 4.79 Å². The van der Waals surface area contributed by atoms with Gasteiger partial charge in [0.25, 0.3) is 0 Å². The minimum atomic E-state index is -0.538. The van der Waals surface area contributed by atoms with Gasteiger partial charge in [0.15, 0.2) is 11.3 Å². The molecule has 0 fully saturated rings. The summed E-state index contributed by atoms with van der Waals surface area (Å²) in [4.78, 5) is 34.5. The lowest BCUT2D eigenvalue weighted by molar-refractivity contribution is -0.131. The Morgan fingerprint density at radius 1 is 1.32 bits per heavy atom. The number of methoxy groups -OCH3 is 2. The molecule has 2 aromatic heterocycles. The molecule has 0 aliphatic carbocycles. The van der Waals surface area contributed by atoms with Gasteiger partial charge in [0, 0.05) is 18.4 Å². The maximum Gasteiger partial charge on any atom is 0.340 e. The zero-order chi connectivity index (χ0) is 19.8. The summed E-state index contributed by atoms with van der Waals surface area (Å²) in [7, 11) is 3.01. The number of nitrogens with zero attached hydrogens (tertiary/aromatic N) is 2. The van der Waals surface area contributed by atoms with Crippen LogP contribution in [0, 0.1) is 6.92 Å². The molecule has 0 unspecified atom stereocenters. The second-order valence-electron chi connectivity index (χ2n) is 6.74. The Morgan fingerprint density at radius 3 is 2.89 bits per heavy atom. The molecule has 0 saturated carbocycles. The number of ether oxygens (including phenoxy) is 2. The number of amides is 1. The van der Waals surface area contributed by atoms with Crippen molar-refractivity contribution in [2.45, 2.75) is 26.3 Å². The number of hydrogen-bond acceptors (Lipinski definition) is 6. The molecule has 1 aliphatic heterocycles. The quantitative estimate of drug-likeness (QED) is 0.692. The maximum absolute atomic E-state index is 12.8. The highest BCUT2D eigenvalue weighted by Gasteiger charge is 2.25. The van der Waals surface area contributed by atoms with E-state index >= 15 is 0 Å². The number of carbonyl (C=O) groups is 1. The van der Waals surface area contributed by atoms with Gasteiger partial charge >= 0.3 is 5.63 Å². The molecule has 3 heterocycles. The minimum absolute atomic E-state index is 0.0120. The SMILES string of the molecule is COc1ccc2c(C)c(CC(=O)N3CCc4nc[nH]c4C3)c(=O)oc2c1OC. The van der Waals surface area contributed by atoms with Gasteiger partial charge in [0.05, 0.1) is 50.5 Å². The van der Waals surface area contributed by atoms with Crippen molar-refractivity contribution in [2.24, 2.45) is 0 Å². The number of aryl methyl sites for hydroxylation is 1. The third-order valence-electron chi connectivity index (χ3n) is 5.25. The van der Waals surface area contributed by atoms with Crippen molar-refractivity contribution in [2.75, 3.05) is 20.8 Å². The molecule has 3 aromatic rings. The molecule has 0 bridgehead atoms. The molecular formula is C20H21N3O5. The smallest absolute Gasteiger partial charge is 0.340 e. The predicted octanol–water partition coefficient (Wildman–Crippen LogP) is 1.97. The fourth-order valence-corrected chi connectivity index (χ4v) is 3.66. The van der Waals surface area contributed by atoms with Crippen molar-refractivity contribution < 1.29 is 18.7 Å². The monoisotopic (exact) mass is 383 g/mol. The molecule has 1 amide bonds. The first kappa shape index (κ1) is 18.1. The molecule has 0 radical (unpaired) electrons. The lowest BCUT2D eigenvalue weighted by Crippen LogP contribution is -2.37. The number of rotatable bonds is 4. The summed E-state index contributed by atoms with van der Waals surface area (Å²) in [6, 6.07) is 3.56. The van der Waals surface area contributed by atoms with Crippen LogP contribution in [-0.4, -0.2) is 41.5 Å². The Morgan fingerprint density at radius 2 is 2.14 bits per heavy atom. The van der Waals surface area contributed by atoms with Gasteiger partial charge in [-0.25, -0.2) is 9.78 Å². The van der Waals surface area contributed by atoms with Crippen LogP contribution in [0.1, 0.15) is 22.5 Å². The molecule has 8 nitrogen and oxygen atoms in total. The number of nitrogens with one attached hydrogen (secondary N) is 1. The number of carbonyl (C=O) groups excluding carboxylic acids is 1. The van der Waals surface area contributed by atoms with E-state index in [1.165, 1.54) is 14.2 Å². The zero-order valence-electron chi connectivity index (χ0n) is 16.0. The predicted molar refractivity (Wildman–Crippen MR) is 102 cm³/mol. The molecule has 1 aromatic carbocycles. The van der Waals surface area contributed by atoms with Crippen molar-refractivity contribution in [3.8, 4) is 11.5 Å². The Labute approximate surface area is 161 Å². The molecule has 0 atom stereocenters. The van der Waals surface area contributed by atoms with Crippen LogP contribution in [0.4, 0.5) is 0 Å². The van der Waals surface area contributed by atoms with Crippen LogP contribution in [0.2, 0.25) is 0 Å². The molecule has 1 N–H and O–H groups in total. The summed E-state index contributed by atoms with van der Waals surface area (Å²) in [5.74, 6) is 0.724. The van der Waals surface area contributed by atoms with Crippen molar-refractivity contribution in [3.05, 3.63) is 51.4 Å². The number of aromatic nitrogens is 2. The van der Waals surface area contributed by atoms with Gasteiger partial charge in [0.1, 0.15) is 0 Å². The molecule has 28 heavy (non-hydrogen) atoms. The Hall–Kier alpha value is -3.29. The zero-order valence-corrected chi connectivity index (χ0v) is 16.0. The number of hydrogen-bond donors (Lipinski definition) is 1. The van der Waals surface area contributed by atoms with Crippen LogP contribution in [0.15, 0.2) is 27.7 Å². The molecule has 0 spiro atoms. The van der Waals surface area contributed by atoms with E-state index in [4.69, 9.17) is 13.9 Å². The van der Waals surface area contributed by atoms with Crippen LogP contribution in [0.25, 0.3) is 11.0 Å². The van der Waals surface area contributed by atoms with Crippen molar-refractivity contribution in [1.82, 2.24) is 14.9 Å². The van der Waals surface area contributed by atoms with Gasteiger partial charge in [-0.1, -0.05) is 0 Å². The van der Waals surface area contributed by atoms with E-state index in [9.17, 15) is 9.59 Å². The number of H-pyrrole nitrogens is 1. The number of benzene rings is 1. The van der Waals surface area contributed by atoms with Crippen molar-refractivity contribution in [3.63, 3.8) is 0 Å². The first-order valence-corrected chi connectivity index (χ1v) is 8.99. The lowest BCUT2D eigenvalue weighted by atomic mass is 10.0. The average molecular weight is 383 g/mol. The van der Waals surface area contributed by atoms with Crippen LogP contribution in [-0.2, 0) is 24.2 Å². The molecule has 1 aliphatic rings. The second kappa shape index (κ2) is 7.03. The summed E-state index contributed by atoms with van der Waals surface area (Å²) < 4.78 is 16.1. The fourth-order valence-electron chi connectivity index (χ4n) is 3.66. The van der Waals surface area contributed by atoms with Gasteiger partial charge < -0.3 is 23.8 Å².